The van der Waals surface area contributed by atoms with Crippen molar-refractivity contribution in [2.24, 2.45) is 0 Å². The topological polar surface area (TPSA) is 96.0 Å². The standard InChI is InChI=1S/C30H35Cl2N3O5S/c1-4-6-18-33-30(37)22(3)34(20-23-8-7-9-25(32)19-23)29(36)21-35(26-12-14-27(15-13-26)40-5-2)41(38,39)28-16-10-24(31)11-17-28/h7-17,19,22H,4-6,18,20-21H2,1-3H3,(H,33,37)/t22-/m1/s1. The highest BCUT2D eigenvalue weighted by Crippen LogP contribution is 2.27. The summed E-state index contributed by atoms with van der Waals surface area (Å²) in [7, 11) is -4.20. The van der Waals surface area contributed by atoms with Crippen LogP contribution in [0.5, 0.6) is 5.75 Å². The number of carbonyl (C=O) groups is 2. The van der Waals surface area contributed by atoms with Crippen LogP contribution in [-0.4, -0.2) is 50.9 Å². The van der Waals surface area contributed by atoms with E-state index in [1.54, 1.807) is 55.5 Å². The molecule has 0 bridgehead atoms. The Kier molecular flexibility index (Phi) is 11.9. The van der Waals surface area contributed by atoms with E-state index in [-0.39, 0.29) is 23.0 Å². The molecular weight excluding hydrogens is 585 g/mol. The Bertz CT molecular complexity index is 1420. The van der Waals surface area contributed by atoms with Crippen molar-refractivity contribution >= 4 is 50.7 Å². The molecule has 0 spiro atoms. The molecule has 0 unspecified atom stereocenters. The number of benzene rings is 3. The van der Waals surface area contributed by atoms with Gasteiger partial charge >= 0.3 is 0 Å². The number of nitrogens with one attached hydrogen (secondary N) is 1. The SMILES string of the molecule is CCCCNC(=O)[C@@H](C)N(Cc1cccc(Cl)c1)C(=O)CN(c1ccc(OCC)cc1)S(=O)(=O)c1ccc(Cl)cc1. The van der Waals surface area contributed by atoms with E-state index >= 15 is 0 Å². The van der Waals surface area contributed by atoms with Gasteiger partial charge in [0.25, 0.3) is 10.0 Å². The van der Waals surface area contributed by atoms with Gasteiger partial charge in [-0.1, -0.05) is 48.7 Å². The highest BCUT2D eigenvalue weighted by molar-refractivity contribution is 7.92. The number of rotatable bonds is 14. The van der Waals surface area contributed by atoms with Gasteiger partial charge in [0.1, 0.15) is 18.3 Å². The number of anilines is 1. The molecule has 41 heavy (non-hydrogen) atoms. The van der Waals surface area contributed by atoms with Crippen molar-refractivity contribution in [2.45, 2.75) is 51.1 Å². The van der Waals surface area contributed by atoms with Crippen molar-refractivity contribution in [3.63, 3.8) is 0 Å². The van der Waals surface area contributed by atoms with Gasteiger partial charge in [0.05, 0.1) is 17.2 Å². The molecule has 3 rings (SSSR count). The van der Waals surface area contributed by atoms with Gasteiger partial charge in [-0.05, 0) is 86.5 Å². The van der Waals surface area contributed by atoms with Crippen LogP contribution in [0.25, 0.3) is 0 Å². The normalized spacial score (nSPS) is 11.9. The molecule has 0 radical (unpaired) electrons. The predicted octanol–water partition coefficient (Wildman–Crippen LogP) is 5.92. The molecule has 0 aliphatic heterocycles. The average molecular weight is 621 g/mol. The number of carbonyl (C=O) groups excluding carboxylic acids is 2. The Hall–Kier alpha value is -3.27. The molecule has 0 saturated heterocycles. The van der Waals surface area contributed by atoms with E-state index in [1.165, 1.54) is 29.2 Å². The number of nitrogens with zero attached hydrogens (tertiary/aromatic N) is 2. The molecule has 0 aromatic heterocycles. The minimum absolute atomic E-state index is 0.0321. The number of sulfonamides is 1. The monoisotopic (exact) mass is 619 g/mol. The Morgan fingerprint density at radius 2 is 1.63 bits per heavy atom. The Labute approximate surface area is 252 Å². The van der Waals surface area contributed by atoms with Crippen molar-refractivity contribution in [3.8, 4) is 5.75 Å². The van der Waals surface area contributed by atoms with E-state index in [2.05, 4.69) is 5.32 Å². The highest BCUT2D eigenvalue weighted by Gasteiger charge is 2.32. The summed E-state index contributed by atoms with van der Waals surface area (Å²) < 4.78 is 34.3. The van der Waals surface area contributed by atoms with E-state index in [0.717, 1.165) is 17.1 Å². The molecule has 11 heteroatoms. The zero-order valence-electron chi connectivity index (χ0n) is 23.3. The van der Waals surface area contributed by atoms with Gasteiger partial charge in [-0.15, -0.1) is 0 Å². The first-order chi connectivity index (χ1) is 19.6. The van der Waals surface area contributed by atoms with Gasteiger partial charge in [-0.3, -0.25) is 13.9 Å². The fourth-order valence-corrected chi connectivity index (χ4v) is 5.84. The van der Waals surface area contributed by atoms with Crippen LogP contribution in [0.15, 0.2) is 77.7 Å². The van der Waals surface area contributed by atoms with E-state index in [1.807, 2.05) is 13.8 Å². The third-order valence-corrected chi connectivity index (χ3v) is 8.63. The molecule has 0 aliphatic carbocycles. The lowest BCUT2D eigenvalue weighted by molar-refractivity contribution is -0.139. The average Bonchev–Trinajstić information content (AvgIpc) is 2.95. The molecule has 0 aliphatic rings. The largest absolute Gasteiger partial charge is 0.494 e. The lowest BCUT2D eigenvalue weighted by atomic mass is 10.1. The van der Waals surface area contributed by atoms with E-state index in [0.29, 0.717) is 34.5 Å². The molecule has 0 fully saturated rings. The number of halogens is 2. The first-order valence-corrected chi connectivity index (χ1v) is 15.6. The lowest BCUT2D eigenvalue weighted by Gasteiger charge is -2.32. The van der Waals surface area contributed by atoms with Crippen LogP contribution in [0, 0.1) is 0 Å². The third-order valence-electron chi connectivity index (χ3n) is 6.36. The summed E-state index contributed by atoms with van der Waals surface area (Å²) >= 11 is 12.2. The van der Waals surface area contributed by atoms with Gasteiger partial charge in [0.15, 0.2) is 0 Å². The summed E-state index contributed by atoms with van der Waals surface area (Å²) in [6, 6.07) is 18.2. The van der Waals surface area contributed by atoms with Crippen molar-refractivity contribution in [3.05, 3.63) is 88.4 Å². The van der Waals surface area contributed by atoms with Gasteiger partial charge in [-0.25, -0.2) is 8.42 Å². The second kappa shape index (κ2) is 15.1. The number of amides is 2. The maximum absolute atomic E-state index is 14.0. The fraction of sp³-hybridized carbons (Fsp3) is 0.333. The van der Waals surface area contributed by atoms with Gasteiger partial charge in [0, 0.05) is 23.1 Å². The summed E-state index contributed by atoms with van der Waals surface area (Å²) in [6.45, 7) is 5.91. The summed E-state index contributed by atoms with van der Waals surface area (Å²) in [6.07, 6.45) is 1.70. The first kappa shape index (κ1) is 32.2. The molecule has 8 nitrogen and oxygen atoms in total. The van der Waals surface area contributed by atoms with Crippen molar-refractivity contribution in [1.82, 2.24) is 10.2 Å². The van der Waals surface area contributed by atoms with Gasteiger partial charge in [0.2, 0.25) is 11.8 Å². The summed E-state index contributed by atoms with van der Waals surface area (Å²) in [5.41, 5.74) is 0.965. The first-order valence-electron chi connectivity index (χ1n) is 13.4. The van der Waals surface area contributed by atoms with E-state index in [9.17, 15) is 18.0 Å². The highest BCUT2D eigenvalue weighted by atomic mass is 35.5. The van der Waals surface area contributed by atoms with Crippen LogP contribution in [0.3, 0.4) is 0 Å². The third kappa shape index (κ3) is 8.86. The number of hydrogen-bond donors (Lipinski definition) is 1. The van der Waals surface area contributed by atoms with Crippen LogP contribution in [-0.2, 0) is 26.2 Å². The Morgan fingerprint density at radius 3 is 2.24 bits per heavy atom. The second-order valence-electron chi connectivity index (χ2n) is 9.36. The van der Waals surface area contributed by atoms with Crippen LogP contribution < -0.4 is 14.4 Å². The number of hydrogen-bond acceptors (Lipinski definition) is 5. The smallest absolute Gasteiger partial charge is 0.264 e. The number of ether oxygens (including phenoxy) is 1. The van der Waals surface area contributed by atoms with Gasteiger partial charge in [-0.2, -0.15) is 0 Å². The van der Waals surface area contributed by atoms with Gasteiger partial charge < -0.3 is 15.0 Å². The molecule has 1 atom stereocenters. The zero-order valence-corrected chi connectivity index (χ0v) is 25.7. The van der Waals surface area contributed by atoms with Crippen LogP contribution in [0.1, 0.15) is 39.2 Å². The Balaban J connectivity index is 2.00. The number of unbranched alkanes of at least 4 members (excludes halogenated alkanes) is 1. The van der Waals surface area contributed by atoms with E-state index in [4.69, 9.17) is 27.9 Å². The lowest BCUT2D eigenvalue weighted by Crippen LogP contribution is -2.51. The van der Waals surface area contributed by atoms with Crippen molar-refractivity contribution < 1.29 is 22.7 Å². The quantitative estimate of drug-likeness (QED) is 0.226. The molecule has 0 saturated carbocycles. The molecule has 0 heterocycles. The van der Waals surface area contributed by atoms with Crippen LogP contribution in [0.4, 0.5) is 5.69 Å². The molecule has 3 aromatic rings. The maximum atomic E-state index is 14.0. The molecule has 3 aromatic carbocycles. The molecule has 2 amide bonds. The van der Waals surface area contributed by atoms with E-state index < -0.39 is 28.5 Å². The predicted molar refractivity (Wildman–Crippen MR) is 163 cm³/mol. The fourth-order valence-electron chi connectivity index (χ4n) is 4.09. The zero-order chi connectivity index (χ0) is 30.0. The molecule has 1 N–H and O–H groups in total. The summed E-state index contributed by atoms with van der Waals surface area (Å²) in [4.78, 5) is 28.3. The summed E-state index contributed by atoms with van der Waals surface area (Å²) in [5.74, 6) is -0.331. The summed E-state index contributed by atoms with van der Waals surface area (Å²) in [5, 5.41) is 3.72. The minimum atomic E-state index is -4.20. The minimum Gasteiger partial charge on any atom is -0.494 e. The maximum Gasteiger partial charge on any atom is 0.264 e. The second-order valence-corrected chi connectivity index (χ2v) is 12.1. The molecular formula is C30H35Cl2N3O5S. The molecule has 220 valence electrons. The van der Waals surface area contributed by atoms with Crippen molar-refractivity contribution in [1.29, 1.82) is 0 Å². The van der Waals surface area contributed by atoms with Crippen LogP contribution in [0.2, 0.25) is 10.0 Å². The van der Waals surface area contributed by atoms with Crippen molar-refractivity contribution in [2.75, 3.05) is 24.0 Å². The van der Waals surface area contributed by atoms with Crippen LogP contribution >= 0.6 is 23.2 Å². The Morgan fingerprint density at radius 1 is 0.951 bits per heavy atom.